The van der Waals surface area contributed by atoms with Crippen LogP contribution in [-0.2, 0) is 7.05 Å². The molecule has 0 spiro atoms. The summed E-state index contributed by atoms with van der Waals surface area (Å²) in [5.74, 6) is 1.72. The van der Waals surface area contributed by atoms with E-state index in [4.69, 9.17) is 0 Å². The van der Waals surface area contributed by atoms with E-state index in [0.29, 0.717) is 12.0 Å². The van der Waals surface area contributed by atoms with E-state index in [9.17, 15) is 0 Å². The number of rotatable bonds is 3. The van der Waals surface area contributed by atoms with Gasteiger partial charge in [-0.3, -0.25) is 4.68 Å². The average Bonchev–Trinajstić information content (AvgIpc) is 2.64. The highest BCUT2D eigenvalue weighted by atomic mass is 15.3. The molecule has 1 aliphatic carbocycles. The first-order chi connectivity index (χ1) is 8.72. The summed E-state index contributed by atoms with van der Waals surface area (Å²) < 4.78 is 1.91. The largest absolute Gasteiger partial charge is 0.366 e. The number of anilines is 1. The Balaban J connectivity index is 1.57. The second kappa shape index (κ2) is 4.48. The van der Waals surface area contributed by atoms with Crippen molar-refractivity contribution in [1.29, 1.82) is 0 Å². The summed E-state index contributed by atoms with van der Waals surface area (Å²) in [7, 11) is 1.98. The predicted octanol–water partition coefficient (Wildman–Crippen LogP) is 3.09. The van der Waals surface area contributed by atoms with Gasteiger partial charge in [0.1, 0.15) is 5.82 Å². The molecule has 0 amide bonds. The van der Waals surface area contributed by atoms with Gasteiger partial charge in [0.25, 0.3) is 0 Å². The minimum atomic E-state index is 0.574. The molecule has 94 valence electrons. The normalized spacial score (nSPS) is 22.6. The van der Waals surface area contributed by atoms with Crippen LogP contribution in [0, 0.1) is 6.92 Å². The van der Waals surface area contributed by atoms with Crippen LogP contribution in [-0.4, -0.2) is 15.8 Å². The maximum absolute atomic E-state index is 4.44. The van der Waals surface area contributed by atoms with Crippen LogP contribution < -0.4 is 5.32 Å². The second-order valence-corrected chi connectivity index (χ2v) is 5.21. The summed E-state index contributed by atoms with van der Waals surface area (Å²) in [5, 5.41) is 7.94. The molecule has 3 heteroatoms. The van der Waals surface area contributed by atoms with Crippen molar-refractivity contribution in [3.8, 4) is 0 Å². The van der Waals surface area contributed by atoms with Crippen LogP contribution in [0.3, 0.4) is 0 Å². The number of hydrogen-bond donors (Lipinski definition) is 1. The zero-order valence-corrected chi connectivity index (χ0v) is 10.9. The third-order valence-electron chi connectivity index (χ3n) is 3.87. The van der Waals surface area contributed by atoms with Crippen molar-refractivity contribution in [3.63, 3.8) is 0 Å². The molecule has 1 aromatic heterocycles. The van der Waals surface area contributed by atoms with Crippen LogP contribution in [0.4, 0.5) is 5.82 Å². The lowest BCUT2D eigenvalue weighted by molar-refractivity contribution is 0.373. The standard InChI is InChI=1S/C15H19N3/c1-11-8-15(17-18(11)2)16-14-9-13(10-14)12-6-4-3-5-7-12/h3-8,13-14H,9-10H2,1-2H3,(H,16,17). The van der Waals surface area contributed by atoms with Crippen molar-refractivity contribution < 1.29 is 0 Å². The van der Waals surface area contributed by atoms with Crippen molar-refractivity contribution >= 4 is 5.82 Å². The molecule has 0 saturated heterocycles. The topological polar surface area (TPSA) is 29.9 Å². The fraction of sp³-hybridized carbons (Fsp3) is 0.400. The number of benzene rings is 1. The fourth-order valence-corrected chi connectivity index (χ4v) is 2.57. The molecule has 18 heavy (non-hydrogen) atoms. The van der Waals surface area contributed by atoms with E-state index >= 15 is 0 Å². The van der Waals surface area contributed by atoms with E-state index in [1.54, 1.807) is 0 Å². The molecule has 0 radical (unpaired) electrons. The van der Waals surface area contributed by atoms with Crippen LogP contribution in [0.2, 0.25) is 0 Å². The third-order valence-corrected chi connectivity index (χ3v) is 3.87. The van der Waals surface area contributed by atoms with Crippen LogP contribution in [0.1, 0.15) is 30.0 Å². The number of nitrogens with one attached hydrogen (secondary N) is 1. The van der Waals surface area contributed by atoms with Gasteiger partial charge >= 0.3 is 0 Å². The van der Waals surface area contributed by atoms with Gasteiger partial charge < -0.3 is 5.32 Å². The second-order valence-electron chi connectivity index (χ2n) is 5.21. The van der Waals surface area contributed by atoms with Crippen LogP contribution >= 0.6 is 0 Å². The van der Waals surface area contributed by atoms with Gasteiger partial charge in [0.2, 0.25) is 0 Å². The zero-order chi connectivity index (χ0) is 12.5. The van der Waals surface area contributed by atoms with E-state index in [1.165, 1.54) is 24.1 Å². The number of hydrogen-bond acceptors (Lipinski definition) is 2. The Morgan fingerprint density at radius 3 is 2.56 bits per heavy atom. The monoisotopic (exact) mass is 241 g/mol. The van der Waals surface area contributed by atoms with Crippen molar-refractivity contribution in [2.24, 2.45) is 7.05 Å². The molecule has 0 bridgehead atoms. The molecule has 3 rings (SSSR count). The highest BCUT2D eigenvalue weighted by molar-refractivity contribution is 5.38. The molecule has 1 heterocycles. The SMILES string of the molecule is Cc1cc(NC2CC(c3ccccc3)C2)nn1C. The summed E-state index contributed by atoms with van der Waals surface area (Å²) in [5.41, 5.74) is 2.66. The fourth-order valence-electron chi connectivity index (χ4n) is 2.57. The summed E-state index contributed by atoms with van der Waals surface area (Å²) in [6.45, 7) is 2.08. The van der Waals surface area contributed by atoms with Gasteiger partial charge in [-0.15, -0.1) is 0 Å². The quantitative estimate of drug-likeness (QED) is 0.895. The highest BCUT2D eigenvalue weighted by Crippen LogP contribution is 2.38. The lowest BCUT2D eigenvalue weighted by Crippen LogP contribution is -2.34. The maximum atomic E-state index is 4.44. The van der Waals surface area contributed by atoms with Crippen molar-refractivity contribution in [1.82, 2.24) is 9.78 Å². The Kier molecular flexibility index (Phi) is 2.82. The van der Waals surface area contributed by atoms with E-state index < -0.39 is 0 Å². The number of aryl methyl sites for hydroxylation is 2. The highest BCUT2D eigenvalue weighted by Gasteiger charge is 2.30. The Morgan fingerprint density at radius 1 is 1.22 bits per heavy atom. The number of nitrogens with zero attached hydrogens (tertiary/aromatic N) is 2. The molecule has 1 aliphatic rings. The van der Waals surface area contributed by atoms with Crippen LogP contribution in [0.15, 0.2) is 36.4 Å². The maximum Gasteiger partial charge on any atom is 0.148 e. The van der Waals surface area contributed by atoms with E-state index in [-0.39, 0.29) is 0 Å². The first-order valence-corrected chi connectivity index (χ1v) is 6.54. The molecule has 0 aliphatic heterocycles. The van der Waals surface area contributed by atoms with Gasteiger partial charge in [0, 0.05) is 24.8 Å². The van der Waals surface area contributed by atoms with Crippen LogP contribution in [0.25, 0.3) is 0 Å². The Bertz CT molecular complexity index is 504. The lowest BCUT2D eigenvalue weighted by Gasteiger charge is -2.36. The van der Waals surface area contributed by atoms with E-state index in [1.807, 2.05) is 11.7 Å². The summed E-state index contributed by atoms with van der Waals surface area (Å²) in [4.78, 5) is 0. The minimum Gasteiger partial charge on any atom is -0.366 e. The molecule has 1 saturated carbocycles. The number of aromatic nitrogens is 2. The zero-order valence-electron chi connectivity index (χ0n) is 10.9. The van der Waals surface area contributed by atoms with Gasteiger partial charge in [0.05, 0.1) is 0 Å². The first kappa shape index (κ1) is 11.3. The molecule has 0 unspecified atom stereocenters. The smallest absolute Gasteiger partial charge is 0.148 e. The van der Waals surface area contributed by atoms with Crippen molar-refractivity contribution in [2.75, 3.05) is 5.32 Å². The Morgan fingerprint density at radius 2 is 1.94 bits per heavy atom. The minimum absolute atomic E-state index is 0.574. The van der Waals surface area contributed by atoms with E-state index in [2.05, 4.69) is 53.7 Å². The van der Waals surface area contributed by atoms with Crippen molar-refractivity contribution in [3.05, 3.63) is 47.7 Å². The molecule has 0 atom stereocenters. The predicted molar refractivity (Wildman–Crippen MR) is 73.8 cm³/mol. The first-order valence-electron chi connectivity index (χ1n) is 6.54. The lowest BCUT2D eigenvalue weighted by atomic mass is 9.76. The van der Waals surface area contributed by atoms with Gasteiger partial charge in [0.15, 0.2) is 0 Å². The molecule has 3 nitrogen and oxygen atoms in total. The van der Waals surface area contributed by atoms with Gasteiger partial charge in [-0.05, 0) is 31.2 Å². The summed E-state index contributed by atoms with van der Waals surface area (Å²) in [6, 6.07) is 13.5. The molecule has 1 N–H and O–H groups in total. The molecular weight excluding hydrogens is 222 g/mol. The Hall–Kier alpha value is -1.77. The summed E-state index contributed by atoms with van der Waals surface area (Å²) >= 11 is 0. The van der Waals surface area contributed by atoms with Crippen LogP contribution in [0.5, 0.6) is 0 Å². The molecule has 1 fully saturated rings. The molecule has 1 aromatic carbocycles. The van der Waals surface area contributed by atoms with Gasteiger partial charge in [-0.2, -0.15) is 5.10 Å². The average molecular weight is 241 g/mol. The van der Waals surface area contributed by atoms with Gasteiger partial charge in [-0.25, -0.2) is 0 Å². The molecule has 2 aromatic rings. The Labute approximate surface area is 108 Å². The van der Waals surface area contributed by atoms with E-state index in [0.717, 1.165) is 5.82 Å². The van der Waals surface area contributed by atoms with Crippen molar-refractivity contribution in [2.45, 2.75) is 31.7 Å². The summed E-state index contributed by atoms with van der Waals surface area (Å²) in [6.07, 6.45) is 2.42. The third kappa shape index (κ3) is 2.13. The van der Waals surface area contributed by atoms with Gasteiger partial charge in [-0.1, -0.05) is 30.3 Å². The molecular formula is C15H19N3.